The molecule has 0 radical (unpaired) electrons. The number of aliphatic hydroxyl groups excluding tert-OH is 1. The third-order valence-electron chi connectivity index (χ3n) is 4.17. The van der Waals surface area contributed by atoms with E-state index in [-0.39, 0.29) is 24.3 Å². The van der Waals surface area contributed by atoms with Crippen molar-refractivity contribution in [2.45, 2.75) is 38.1 Å². The zero-order valence-corrected chi connectivity index (χ0v) is 12.6. The molecule has 2 N–H and O–H groups in total. The number of amides is 2. The number of carbonyl (C=O) groups is 2. The molecule has 0 atom stereocenters. The lowest BCUT2D eigenvalue weighted by Gasteiger charge is -2.21. The molecule has 2 saturated carbocycles. The van der Waals surface area contributed by atoms with E-state index in [0.29, 0.717) is 19.0 Å². The maximum atomic E-state index is 12.3. The van der Waals surface area contributed by atoms with Gasteiger partial charge in [0.2, 0.25) is 11.8 Å². The number of hydrogen-bond donors (Lipinski definition) is 2. The summed E-state index contributed by atoms with van der Waals surface area (Å²) in [5, 5.41) is 12.0. The molecule has 3 rings (SSSR count). The standard InChI is InChI=1S/C17H22N2O3/c20-10-9-19(15-7-8-15)16(21)11-12-1-5-14(6-2-12)18-17(22)13-3-4-13/h1-2,5-6,13,15,20H,3-4,7-11H2,(H,18,22). The highest BCUT2D eigenvalue weighted by atomic mass is 16.3. The monoisotopic (exact) mass is 302 g/mol. The quantitative estimate of drug-likeness (QED) is 0.803. The summed E-state index contributed by atoms with van der Waals surface area (Å²) in [4.78, 5) is 25.8. The summed E-state index contributed by atoms with van der Waals surface area (Å²) in [6, 6.07) is 7.76. The van der Waals surface area contributed by atoms with E-state index in [9.17, 15) is 9.59 Å². The zero-order valence-electron chi connectivity index (χ0n) is 12.6. The lowest BCUT2D eigenvalue weighted by Crippen LogP contribution is -2.36. The average molecular weight is 302 g/mol. The Balaban J connectivity index is 1.55. The minimum atomic E-state index is 0.00831. The van der Waals surface area contributed by atoms with Crippen LogP contribution < -0.4 is 5.32 Å². The van der Waals surface area contributed by atoms with E-state index in [1.807, 2.05) is 24.3 Å². The molecule has 2 aliphatic rings. The Morgan fingerprint density at radius 2 is 1.82 bits per heavy atom. The Hall–Kier alpha value is -1.88. The minimum absolute atomic E-state index is 0.00831. The van der Waals surface area contributed by atoms with Gasteiger partial charge >= 0.3 is 0 Å². The summed E-state index contributed by atoms with van der Waals surface area (Å²) in [5.41, 5.74) is 1.71. The highest BCUT2D eigenvalue weighted by molar-refractivity contribution is 5.94. The summed E-state index contributed by atoms with van der Waals surface area (Å²) >= 11 is 0. The Kier molecular flexibility index (Phi) is 4.43. The molecule has 5 heteroatoms. The van der Waals surface area contributed by atoms with E-state index in [2.05, 4.69) is 5.32 Å². The Bertz CT molecular complexity index is 548. The molecule has 0 aliphatic heterocycles. The van der Waals surface area contributed by atoms with Crippen LogP contribution in [0.3, 0.4) is 0 Å². The van der Waals surface area contributed by atoms with Gasteiger partial charge in [0.25, 0.3) is 0 Å². The van der Waals surface area contributed by atoms with Crippen LogP contribution in [0.2, 0.25) is 0 Å². The van der Waals surface area contributed by atoms with Crippen molar-refractivity contribution in [3.63, 3.8) is 0 Å². The number of anilines is 1. The first kappa shape index (κ1) is 15.0. The fourth-order valence-electron chi connectivity index (χ4n) is 2.58. The van der Waals surface area contributed by atoms with Crippen molar-refractivity contribution >= 4 is 17.5 Å². The molecule has 2 fully saturated rings. The van der Waals surface area contributed by atoms with Crippen molar-refractivity contribution in [1.29, 1.82) is 0 Å². The number of rotatable bonds is 7. The average Bonchev–Trinajstić information content (AvgIpc) is 3.39. The molecule has 1 aromatic carbocycles. The predicted molar refractivity (Wildman–Crippen MR) is 83.3 cm³/mol. The summed E-state index contributed by atoms with van der Waals surface area (Å²) in [6.07, 6.45) is 4.39. The number of hydrogen-bond acceptors (Lipinski definition) is 3. The first-order valence-corrected chi connectivity index (χ1v) is 7.97. The van der Waals surface area contributed by atoms with Crippen LogP contribution in [0.5, 0.6) is 0 Å². The number of nitrogens with zero attached hydrogens (tertiary/aromatic N) is 1. The highest BCUT2D eigenvalue weighted by Crippen LogP contribution is 2.30. The van der Waals surface area contributed by atoms with Crippen LogP contribution in [0, 0.1) is 5.92 Å². The molecule has 0 heterocycles. The maximum Gasteiger partial charge on any atom is 0.227 e. The second kappa shape index (κ2) is 6.48. The predicted octanol–water partition coefficient (Wildman–Crippen LogP) is 1.56. The van der Waals surface area contributed by atoms with Crippen LogP contribution in [0.1, 0.15) is 31.2 Å². The maximum absolute atomic E-state index is 12.3. The topological polar surface area (TPSA) is 69.6 Å². The highest BCUT2D eigenvalue weighted by Gasteiger charge is 2.32. The fourth-order valence-corrected chi connectivity index (χ4v) is 2.58. The van der Waals surface area contributed by atoms with Crippen LogP contribution in [0.15, 0.2) is 24.3 Å². The molecule has 2 aliphatic carbocycles. The van der Waals surface area contributed by atoms with Gasteiger partial charge in [-0.05, 0) is 43.4 Å². The van der Waals surface area contributed by atoms with Crippen LogP contribution in [0.4, 0.5) is 5.69 Å². The van der Waals surface area contributed by atoms with Gasteiger partial charge in [0.1, 0.15) is 0 Å². The lowest BCUT2D eigenvalue weighted by atomic mass is 10.1. The fraction of sp³-hybridized carbons (Fsp3) is 0.529. The van der Waals surface area contributed by atoms with Crippen LogP contribution in [-0.2, 0) is 16.0 Å². The van der Waals surface area contributed by atoms with Crippen molar-refractivity contribution in [2.75, 3.05) is 18.5 Å². The number of benzene rings is 1. The second-order valence-electron chi connectivity index (χ2n) is 6.18. The molecule has 118 valence electrons. The summed E-state index contributed by atoms with van der Waals surface area (Å²) in [6.45, 7) is 0.424. The molecule has 0 aromatic heterocycles. The summed E-state index contributed by atoms with van der Waals surface area (Å²) in [7, 11) is 0. The van der Waals surface area contributed by atoms with E-state index in [0.717, 1.165) is 36.9 Å². The number of nitrogens with one attached hydrogen (secondary N) is 1. The smallest absolute Gasteiger partial charge is 0.227 e. The van der Waals surface area contributed by atoms with Gasteiger partial charge in [-0.25, -0.2) is 0 Å². The van der Waals surface area contributed by atoms with Gasteiger partial charge in [0.15, 0.2) is 0 Å². The first-order chi connectivity index (χ1) is 10.7. The van der Waals surface area contributed by atoms with Crippen molar-refractivity contribution < 1.29 is 14.7 Å². The molecule has 0 spiro atoms. The van der Waals surface area contributed by atoms with Gasteiger partial charge in [-0.3, -0.25) is 9.59 Å². The van der Waals surface area contributed by atoms with Gasteiger partial charge in [0.05, 0.1) is 13.0 Å². The molecule has 2 amide bonds. The largest absolute Gasteiger partial charge is 0.395 e. The summed E-state index contributed by atoms with van der Waals surface area (Å²) in [5.74, 6) is 0.338. The van der Waals surface area contributed by atoms with Crippen molar-refractivity contribution in [1.82, 2.24) is 4.90 Å². The molecule has 0 bridgehead atoms. The van der Waals surface area contributed by atoms with Crippen molar-refractivity contribution in [3.8, 4) is 0 Å². The van der Waals surface area contributed by atoms with Gasteiger partial charge in [-0.1, -0.05) is 12.1 Å². The second-order valence-corrected chi connectivity index (χ2v) is 6.18. The van der Waals surface area contributed by atoms with Crippen LogP contribution in [-0.4, -0.2) is 41.0 Å². The third kappa shape index (κ3) is 3.85. The van der Waals surface area contributed by atoms with Gasteiger partial charge in [-0.15, -0.1) is 0 Å². The minimum Gasteiger partial charge on any atom is -0.395 e. The third-order valence-corrected chi connectivity index (χ3v) is 4.17. The molecule has 1 aromatic rings. The van der Waals surface area contributed by atoms with Crippen LogP contribution >= 0.6 is 0 Å². The molecule has 0 unspecified atom stereocenters. The molecular formula is C17H22N2O3. The van der Waals surface area contributed by atoms with Gasteiger partial charge in [0, 0.05) is 24.2 Å². The van der Waals surface area contributed by atoms with E-state index < -0.39 is 0 Å². The zero-order chi connectivity index (χ0) is 15.5. The molecular weight excluding hydrogens is 280 g/mol. The van der Waals surface area contributed by atoms with Crippen molar-refractivity contribution in [3.05, 3.63) is 29.8 Å². The van der Waals surface area contributed by atoms with E-state index in [1.165, 1.54) is 0 Å². The van der Waals surface area contributed by atoms with Gasteiger partial charge < -0.3 is 15.3 Å². The molecule has 0 saturated heterocycles. The molecule has 22 heavy (non-hydrogen) atoms. The Morgan fingerprint density at radius 3 is 2.36 bits per heavy atom. The van der Waals surface area contributed by atoms with Gasteiger partial charge in [-0.2, -0.15) is 0 Å². The SMILES string of the molecule is O=C(Nc1ccc(CC(=O)N(CCO)C2CC2)cc1)C1CC1. The first-order valence-electron chi connectivity index (χ1n) is 7.97. The lowest BCUT2D eigenvalue weighted by molar-refractivity contribution is -0.131. The number of carbonyl (C=O) groups excluding carboxylic acids is 2. The van der Waals surface area contributed by atoms with E-state index in [4.69, 9.17) is 5.11 Å². The normalized spacial score (nSPS) is 17.1. The van der Waals surface area contributed by atoms with E-state index in [1.54, 1.807) is 4.90 Å². The Labute approximate surface area is 130 Å². The Morgan fingerprint density at radius 1 is 1.14 bits per heavy atom. The number of aliphatic hydroxyl groups is 1. The van der Waals surface area contributed by atoms with Crippen molar-refractivity contribution in [2.24, 2.45) is 5.92 Å². The van der Waals surface area contributed by atoms with Crippen LogP contribution in [0.25, 0.3) is 0 Å². The summed E-state index contributed by atoms with van der Waals surface area (Å²) < 4.78 is 0. The van der Waals surface area contributed by atoms with E-state index >= 15 is 0 Å². The molecule has 5 nitrogen and oxygen atoms in total.